The number of rotatable bonds is 18. The van der Waals surface area contributed by atoms with Crippen LogP contribution in [0.4, 0.5) is 0 Å². The van der Waals surface area contributed by atoms with Crippen molar-refractivity contribution < 1.29 is 11.0 Å². The number of fused-ring (bicyclic) bond motifs is 4. The first-order valence-electron chi connectivity index (χ1n) is 25.5. The predicted octanol–water partition coefficient (Wildman–Crippen LogP) is 13.8. The van der Waals surface area contributed by atoms with E-state index in [2.05, 4.69) is 123 Å². The monoisotopic (exact) mass is 873 g/mol. The second-order valence-corrected chi connectivity index (χ2v) is 23.5. The van der Waals surface area contributed by atoms with Gasteiger partial charge in [-0.25, -0.2) is 0 Å². The fraction of sp³-hybridized carbons (Fsp3) is 0.786. The summed E-state index contributed by atoms with van der Waals surface area (Å²) >= 11 is -0.715. The van der Waals surface area contributed by atoms with E-state index in [1.807, 2.05) is 53.3 Å². The molecule has 0 amide bonds. The molecule has 59 heavy (non-hydrogen) atoms. The predicted molar refractivity (Wildman–Crippen MR) is 262 cm³/mol. The summed E-state index contributed by atoms with van der Waals surface area (Å²) < 4.78 is 3.99. The molecule has 6 rings (SSSR count). The molecule has 2 aromatic carbocycles. The Morgan fingerprint density at radius 3 is 0.576 bits per heavy atom. The Morgan fingerprint density at radius 2 is 0.441 bits per heavy atom. The zero-order chi connectivity index (χ0) is 42.0. The molecule has 0 heterocycles. The molecule has 3 heteroatoms. The van der Waals surface area contributed by atoms with Crippen LogP contribution in [0.1, 0.15) is 284 Å². The van der Waals surface area contributed by atoms with E-state index in [1.165, 1.54) is 128 Å². The topological polar surface area (TPSA) is 63.0 Å². The Labute approximate surface area is 372 Å². The summed E-state index contributed by atoms with van der Waals surface area (Å²) in [5.41, 5.74) is 17.4. The van der Waals surface area contributed by atoms with Crippen LogP contribution in [-0.2, 0) is 43.3 Å². The van der Waals surface area contributed by atoms with Gasteiger partial charge in [0.1, 0.15) is 0 Å². The summed E-state index contributed by atoms with van der Waals surface area (Å²) in [6, 6.07) is 5.92. The van der Waals surface area contributed by atoms with Crippen LogP contribution < -0.4 is 8.79 Å². The van der Waals surface area contributed by atoms with Crippen LogP contribution in [0, 0.1) is 0 Å². The second-order valence-electron chi connectivity index (χ2n) is 20.9. The Hall–Kier alpha value is -1.10. The minimum Gasteiger partial charge on any atom is -0.412 e. The largest absolute Gasteiger partial charge is 0.412 e. The molecule has 0 bridgehead atoms. The van der Waals surface area contributed by atoms with Gasteiger partial charge in [0, 0.05) is 0 Å². The van der Waals surface area contributed by atoms with E-state index in [-0.39, 0.29) is 32.6 Å². The van der Waals surface area contributed by atoms with E-state index in [1.54, 1.807) is 0 Å². The molecule has 4 aliphatic rings. The third-order valence-corrected chi connectivity index (χ3v) is 24.0. The summed E-state index contributed by atoms with van der Waals surface area (Å²) in [7, 11) is 0. The maximum atomic E-state index is 2.96. The number of benzene rings is 2. The maximum Gasteiger partial charge on any atom is -0.412 e. The summed E-state index contributed by atoms with van der Waals surface area (Å²) in [6.07, 6.45) is 25.9. The third kappa shape index (κ3) is 6.46. The normalized spacial score (nSPS) is 22.2. The first kappa shape index (κ1) is 50.5. The van der Waals surface area contributed by atoms with Crippen molar-refractivity contribution >= 4 is 24.2 Å². The second kappa shape index (κ2) is 17.8. The van der Waals surface area contributed by atoms with Gasteiger partial charge >= 0.3 is 363 Å². The molecule has 0 fully saturated rings. The smallest absolute Gasteiger partial charge is 0.412 e. The van der Waals surface area contributed by atoms with Crippen molar-refractivity contribution in [2.24, 2.45) is 0 Å². The van der Waals surface area contributed by atoms with Gasteiger partial charge in [-0.2, -0.15) is 0 Å². The Balaban J connectivity index is 0.00000384. The molecule has 0 spiro atoms. The van der Waals surface area contributed by atoms with Crippen molar-refractivity contribution in [3.63, 3.8) is 0 Å². The quantitative estimate of drug-likeness (QED) is 0.134. The van der Waals surface area contributed by atoms with Gasteiger partial charge in [-0.3, -0.25) is 0 Å². The van der Waals surface area contributed by atoms with Crippen LogP contribution in [-0.4, -0.2) is 26.4 Å². The van der Waals surface area contributed by atoms with E-state index >= 15 is 0 Å². The molecule has 2 radical (unpaired) electrons. The molecule has 0 aromatic heterocycles. The fourth-order valence-electron chi connectivity index (χ4n) is 15.9. The van der Waals surface area contributed by atoms with Crippen molar-refractivity contribution in [2.75, 3.05) is 0 Å². The van der Waals surface area contributed by atoms with Crippen molar-refractivity contribution in [1.82, 2.24) is 0 Å². The molecule has 0 unspecified atom stereocenters. The van der Waals surface area contributed by atoms with Gasteiger partial charge in [0.2, 0.25) is 0 Å². The number of hydrogen-bond acceptors (Lipinski definition) is 0. The molecule has 4 aliphatic carbocycles. The Morgan fingerprint density at radius 1 is 0.288 bits per heavy atom. The van der Waals surface area contributed by atoms with Gasteiger partial charge < -0.3 is 11.0 Å². The van der Waals surface area contributed by atoms with Crippen LogP contribution in [0.15, 0.2) is 12.1 Å². The molecule has 0 aliphatic heterocycles. The average molecular weight is 872 g/mol. The van der Waals surface area contributed by atoms with Crippen LogP contribution in [0.5, 0.6) is 0 Å². The van der Waals surface area contributed by atoms with Gasteiger partial charge in [0.15, 0.2) is 0 Å². The van der Waals surface area contributed by atoms with Crippen LogP contribution >= 0.6 is 0 Å². The third-order valence-electron chi connectivity index (χ3n) is 20.8. The molecule has 0 atom stereocenters. The van der Waals surface area contributed by atoms with E-state index in [0.29, 0.717) is 21.7 Å². The molecule has 334 valence electrons. The van der Waals surface area contributed by atoms with E-state index < -0.39 is 15.4 Å². The Bertz CT molecular complexity index is 1510. The molecular formula is C56H94GeO2. The fourth-order valence-corrected chi connectivity index (χ4v) is 20.8. The van der Waals surface area contributed by atoms with Gasteiger partial charge in [-0.05, 0) is 0 Å². The summed E-state index contributed by atoms with van der Waals surface area (Å²) in [5, 5.41) is 0. The molecule has 4 N–H and O–H groups in total. The van der Waals surface area contributed by atoms with Crippen molar-refractivity contribution in [3.8, 4) is 0 Å². The maximum absolute atomic E-state index is 2.96. The van der Waals surface area contributed by atoms with Crippen LogP contribution in [0.3, 0.4) is 0 Å². The summed E-state index contributed by atoms with van der Waals surface area (Å²) in [5.74, 6) is 0. The van der Waals surface area contributed by atoms with E-state index in [9.17, 15) is 0 Å². The van der Waals surface area contributed by atoms with E-state index in [0.717, 1.165) is 0 Å². The molecule has 0 saturated carbocycles. The minimum absolute atomic E-state index is 0. The molecule has 2 nitrogen and oxygen atoms in total. The van der Waals surface area contributed by atoms with Gasteiger partial charge in [-0.1, -0.05) is 0 Å². The van der Waals surface area contributed by atoms with Gasteiger partial charge in [0.25, 0.3) is 0 Å². The molecule has 2 aromatic rings. The standard InChI is InChI=1S/C56H90Ge.2H2O/c1-17-49(18-2)35-53(25-9,26-10)43-39(49)33-40-44(54(27-11,28-12)36-50(40,19-3)20-4)47(43)57-48-45-41(51(21-5,22-6)37-55(45,29-13)30-14)34-42-46(48)56(31-15,32-16)38-52(42,23-7)24-8;;/h33-34H,17-32,35-38H2,1-16H3;2*1H2. The zero-order valence-corrected chi connectivity index (χ0v) is 43.9. The van der Waals surface area contributed by atoms with Gasteiger partial charge in [-0.15, -0.1) is 0 Å². The number of hydrogen-bond donors (Lipinski definition) is 0. The molecule has 0 saturated heterocycles. The zero-order valence-electron chi connectivity index (χ0n) is 41.8. The van der Waals surface area contributed by atoms with Crippen LogP contribution in [0.25, 0.3) is 0 Å². The minimum atomic E-state index is -0.715. The summed E-state index contributed by atoms with van der Waals surface area (Å²) in [6.45, 7) is 41.2. The SMILES string of the molecule is CCC1(CC)CC(CC)(CC)c2c1cc1c([c]2[Ge][c]2c3c(cc4c2C(CC)(CC)CC4(CC)CC)C(CC)(CC)CC3(CC)CC)C(CC)(CC)CC1(CC)CC.O.O. The van der Waals surface area contributed by atoms with E-state index in [4.69, 9.17) is 0 Å². The van der Waals surface area contributed by atoms with Crippen molar-refractivity contribution in [3.05, 3.63) is 56.6 Å². The van der Waals surface area contributed by atoms with Gasteiger partial charge in [0.05, 0.1) is 0 Å². The van der Waals surface area contributed by atoms with Crippen molar-refractivity contribution in [2.45, 2.75) is 283 Å². The van der Waals surface area contributed by atoms with Crippen molar-refractivity contribution in [1.29, 1.82) is 0 Å². The first-order valence-corrected chi connectivity index (χ1v) is 27.6. The average Bonchev–Trinajstić information content (AvgIpc) is 3.94. The molecular weight excluding hydrogens is 777 g/mol. The first-order chi connectivity index (χ1) is 27.2. The Kier molecular flexibility index (Phi) is 15.3. The summed E-state index contributed by atoms with van der Waals surface area (Å²) in [4.78, 5) is 0. The van der Waals surface area contributed by atoms with Crippen LogP contribution in [0.2, 0.25) is 0 Å².